The molecule has 4 heteroatoms. The Kier molecular flexibility index (Phi) is 4.40. The SMILES string of the molecule is CCCn1cc(C(=O)C(C)(C)C2CCCNC2)cn1. The van der Waals surface area contributed by atoms with Crippen LogP contribution in [0.4, 0.5) is 0 Å². The molecule has 1 fully saturated rings. The predicted molar refractivity (Wildman–Crippen MR) is 76.2 cm³/mol. The van der Waals surface area contributed by atoms with Crippen LogP contribution in [0.15, 0.2) is 12.4 Å². The number of aromatic nitrogens is 2. The van der Waals surface area contributed by atoms with E-state index in [1.807, 2.05) is 10.9 Å². The Bertz CT molecular complexity index is 430. The monoisotopic (exact) mass is 263 g/mol. The Labute approximate surface area is 115 Å². The first kappa shape index (κ1) is 14.3. The van der Waals surface area contributed by atoms with E-state index in [0.29, 0.717) is 5.92 Å². The van der Waals surface area contributed by atoms with Crippen LogP contribution in [-0.4, -0.2) is 28.7 Å². The minimum absolute atomic E-state index is 0.226. The van der Waals surface area contributed by atoms with E-state index >= 15 is 0 Å². The number of nitrogens with zero attached hydrogens (tertiary/aromatic N) is 2. The van der Waals surface area contributed by atoms with Crippen LogP contribution >= 0.6 is 0 Å². The van der Waals surface area contributed by atoms with Crippen molar-refractivity contribution in [2.75, 3.05) is 13.1 Å². The number of hydrogen-bond acceptors (Lipinski definition) is 3. The number of piperidine rings is 1. The molecule has 1 aliphatic heterocycles. The van der Waals surface area contributed by atoms with Crippen LogP contribution < -0.4 is 5.32 Å². The van der Waals surface area contributed by atoms with Crippen molar-refractivity contribution in [3.05, 3.63) is 18.0 Å². The van der Waals surface area contributed by atoms with Crippen molar-refractivity contribution in [1.29, 1.82) is 0 Å². The van der Waals surface area contributed by atoms with Gasteiger partial charge in [-0.25, -0.2) is 0 Å². The lowest BCUT2D eigenvalue weighted by Gasteiger charge is -2.35. The van der Waals surface area contributed by atoms with Crippen molar-refractivity contribution in [2.45, 2.75) is 46.6 Å². The minimum atomic E-state index is -0.312. The molecular formula is C15H25N3O. The maximum absolute atomic E-state index is 12.7. The van der Waals surface area contributed by atoms with Crippen LogP contribution in [0.25, 0.3) is 0 Å². The highest BCUT2D eigenvalue weighted by Gasteiger charge is 2.38. The van der Waals surface area contributed by atoms with E-state index in [1.54, 1.807) is 6.20 Å². The molecule has 0 amide bonds. The highest BCUT2D eigenvalue weighted by atomic mass is 16.1. The van der Waals surface area contributed by atoms with Crippen molar-refractivity contribution in [3.63, 3.8) is 0 Å². The fourth-order valence-corrected chi connectivity index (χ4v) is 2.86. The molecule has 2 rings (SSSR count). The zero-order valence-electron chi connectivity index (χ0n) is 12.3. The van der Waals surface area contributed by atoms with Gasteiger partial charge in [0, 0.05) is 18.2 Å². The summed E-state index contributed by atoms with van der Waals surface area (Å²) in [5.74, 6) is 0.645. The first-order chi connectivity index (χ1) is 9.05. The van der Waals surface area contributed by atoms with Crippen molar-refractivity contribution >= 4 is 5.78 Å². The number of nitrogens with one attached hydrogen (secondary N) is 1. The van der Waals surface area contributed by atoms with E-state index in [2.05, 4.69) is 31.2 Å². The summed E-state index contributed by atoms with van der Waals surface area (Å²) in [4.78, 5) is 12.7. The molecule has 0 spiro atoms. The van der Waals surface area contributed by atoms with Crippen LogP contribution in [0.1, 0.15) is 50.4 Å². The second kappa shape index (κ2) is 5.87. The summed E-state index contributed by atoms with van der Waals surface area (Å²) >= 11 is 0. The minimum Gasteiger partial charge on any atom is -0.316 e. The highest BCUT2D eigenvalue weighted by Crippen LogP contribution is 2.34. The Morgan fingerprint density at radius 2 is 2.37 bits per heavy atom. The summed E-state index contributed by atoms with van der Waals surface area (Å²) in [5.41, 5.74) is 0.442. The highest BCUT2D eigenvalue weighted by molar-refractivity contribution is 5.99. The fourth-order valence-electron chi connectivity index (χ4n) is 2.86. The van der Waals surface area contributed by atoms with Crippen molar-refractivity contribution in [2.24, 2.45) is 11.3 Å². The third-order valence-electron chi connectivity index (χ3n) is 4.25. The molecule has 1 aromatic heterocycles. The van der Waals surface area contributed by atoms with Gasteiger partial charge in [-0.2, -0.15) is 5.10 Å². The molecule has 0 saturated carbocycles. The zero-order valence-corrected chi connectivity index (χ0v) is 12.3. The molecule has 0 bridgehead atoms. The standard InChI is InChI=1S/C15H25N3O/c1-4-8-18-11-12(9-17-18)14(19)15(2,3)13-6-5-7-16-10-13/h9,11,13,16H,4-8,10H2,1-3H3. The smallest absolute Gasteiger partial charge is 0.171 e. The Hall–Kier alpha value is -1.16. The quantitative estimate of drug-likeness (QED) is 0.830. The summed E-state index contributed by atoms with van der Waals surface area (Å²) in [6.45, 7) is 9.16. The molecule has 1 atom stereocenters. The molecule has 1 saturated heterocycles. The second-order valence-corrected chi connectivity index (χ2v) is 6.09. The number of carbonyl (C=O) groups is 1. The number of Topliss-reactive ketones (excluding diaryl/α,β-unsaturated/α-hetero) is 1. The van der Waals surface area contributed by atoms with E-state index in [-0.39, 0.29) is 11.2 Å². The van der Waals surface area contributed by atoms with Crippen molar-refractivity contribution in [3.8, 4) is 0 Å². The predicted octanol–water partition coefficient (Wildman–Crippen LogP) is 2.50. The lowest BCUT2D eigenvalue weighted by Crippen LogP contribution is -2.42. The van der Waals surface area contributed by atoms with Gasteiger partial charge in [0.15, 0.2) is 5.78 Å². The molecule has 0 aromatic carbocycles. The maximum Gasteiger partial charge on any atom is 0.171 e. The number of carbonyl (C=O) groups excluding carboxylic acids is 1. The summed E-state index contributed by atoms with van der Waals surface area (Å²) in [6, 6.07) is 0. The topological polar surface area (TPSA) is 46.9 Å². The molecule has 106 valence electrons. The Balaban J connectivity index is 2.11. The number of ketones is 1. The third kappa shape index (κ3) is 3.06. The lowest BCUT2D eigenvalue weighted by atomic mass is 9.71. The average Bonchev–Trinajstić information content (AvgIpc) is 2.88. The first-order valence-electron chi connectivity index (χ1n) is 7.33. The van der Waals surface area contributed by atoms with Crippen molar-refractivity contribution in [1.82, 2.24) is 15.1 Å². The Morgan fingerprint density at radius 3 is 3.00 bits per heavy atom. The largest absolute Gasteiger partial charge is 0.316 e. The van der Waals surface area contributed by atoms with E-state index < -0.39 is 0 Å². The number of hydrogen-bond donors (Lipinski definition) is 1. The van der Waals surface area contributed by atoms with Gasteiger partial charge in [0.2, 0.25) is 0 Å². The summed E-state index contributed by atoms with van der Waals surface area (Å²) < 4.78 is 1.86. The van der Waals surface area contributed by atoms with Gasteiger partial charge in [-0.3, -0.25) is 9.48 Å². The van der Waals surface area contributed by atoms with Gasteiger partial charge in [-0.05, 0) is 38.3 Å². The van der Waals surface area contributed by atoms with E-state index in [0.717, 1.165) is 44.5 Å². The van der Waals surface area contributed by atoms with Gasteiger partial charge in [-0.1, -0.05) is 20.8 Å². The molecule has 1 N–H and O–H groups in total. The van der Waals surface area contributed by atoms with Crippen LogP contribution in [-0.2, 0) is 6.54 Å². The molecule has 0 radical (unpaired) electrons. The molecule has 1 aliphatic rings. The average molecular weight is 263 g/mol. The zero-order chi connectivity index (χ0) is 13.9. The molecule has 1 aromatic rings. The molecule has 1 unspecified atom stereocenters. The molecule has 19 heavy (non-hydrogen) atoms. The summed E-state index contributed by atoms with van der Waals surface area (Å²) in [6.07, 6.45) is 6.94. The molecule has 2 heterocycles. The third-order valence-corrected chi connectivity index (χ3v) is 4.25. The number of aryl methyl sites for hydroxylation is 1. The van der Waals surface area contributed by atoms with E-state index in [1.165, 1.54) is 0 Å². The van der Waals surface area contributed by atoms with Gasteiger partial charge < -0.3 is 5.32 Å². The van der Waals surface area contributed by atoms with Crippen LogP contribution in [0, 0.1) is 11.3 Å². The summed E-state index contributed by atoms with van der Waals surface area (Å²) in [7, 11) is 0. The lowest BCUT2D eigenvalue weighted by molar-refractivity contribution is 0.0708. The van der Waals surface area contributed by atoms with E-state index in [9.17, 15) is 4.79 Å². The van der Waals surface area contributed by atoms with Gasteiger partial charge in [0.25, 0.3) is 0 Å². The molecule has 4 nitrogen and oxygen atoms in total. The van der Waals surface area contributed by atoms with Gasteiger partial charge in [0.1, 0.15) is 0 Å². The normalized spacial score (nSPS) is 20.5. The van der Waals surface area contributed by atoms with Gasteiger partial charge in [0.05, 0.1) is 11.8 Å². The second-order valence-electron chi connectivity index (χ2n) is 6.09. The summed E-state index contributed by atoms with van der Waals surface area (Å²) in [5, 5.41) is 7.67. The van der Waals surface area contributed by atoms with Gasteiger partial charge in [-0.15, -0.1) is 0 Å². The molecular weight excluding hydrogens is 238 g/mol. The fraction of sp³-hybridized carbons (Fsp3) is 0.733. The van der Waals surface area contributed by atoms with Crippen molar-refractivity contribution < 1.29 is 4.79 Å². The first-order valence-corrected chi connectivity index (χ1v) is 7.33. The van der Waals surface area contributed by atoms with Crippen LogP contribution in [0.5, 0.6) is 0 Å². The number of rotatable bonds is 5. The maximum atomic E-state index is 12.7. The van der Waals surface area contributed by atoms with Crippen LogP contribution in [0.3, 0.4) is 0 Å². The van der Waals surface area contributed by atoms with Crippen LogP contribution in [0.2, 0.25) is 0 Å². The Morgan fingerprint density at radius 1 is 1.58 bits per heavy atom. The van der Waals surface area contributed by atoms with Gasteiger partial charge >= 0.3 is 0 Å². The van der Waals surface area contributed by atoms with E-state index in [4.69, 9.17) is 0 Å². The molecule has 0 aliphatic carbocycles.